The lowest BCUT2D eigenvalue weighted by Gasteiger charge is -2.34. The Balaban J connectivity index is 2.25. The molecule has 0 aromatic heterocycles. The third-order valence-electron chi connectivity index (χ3n) is 3.71. The van der Waals surface area contributed by atoms with Crippen LogP contribution in [0.3, 0.4) is 0 Å². The summed E-state index contributed by atoms with van der Waals surface area (Å²) < 4.78 is 39.6. The van der Waals surface area contributed by atoms with Gasteiger partial charge in [-0.25, -0.2) is 13.2 Å². The van der Waals surface area contributed by atoms with E-state index in [1.807, 2.05) is 6.92 Å². The minimum atomic E-state index is -1.55. The summed E-state index contributed by atoms with van der Waals surface area (Å²) >= 11 is 0. The molecule has 1 saturated heterocycles. The number of hydrogen-bond acceptors (Lipinski definition) is 2. The van der Waals surface area contributed by atoms with Crippen molar-refractivity contribution in [2.75, 3.05) is 19.6 Å². The predicted molar refractivity (Wildman–Crippen MR) is 73.5 cm³/mol. The number of hydrogen-bond donors (Lipinski definition) is 1. The molecule has 1 fully saturated rings. The number of benzene rings is 1. The summed E-state index contributed by atoms with van der Waals surface area (Å²) in [5, 5.41) is 3.21. The molecule has 0 bridgehead atoms. The number of carbonyl (C=O) groups excluding carboxylic acids is 1. The van der Waals surface area contributed by atoms with Gasteiger partial charge in [-0.15, -0.1) is 0 Å². The second kappa shape index (κ2) is 6.93. The maximum Gasteiger partial charge on any atom is 0.254 e. The molecule has 1 N–H and O–H groups in total. The van der Waals surface area contributed by atoms with Crippen LogP contribution in [0.5, 0.6) is 0 Å². The van der Waals surface area contributed by atoms with E-state index in [4.69, 9.17) is 0 Å². The number of carbonyl (C=O) groups is 1. The standard InChI is InChI=1S/C15H19F3N2O/c1-2-7-20(11-3-5-19-6-4-11)15(21)10-8-12(16)14(18)13(17)9-10/h8-9,11,19H,2-7H2,1H3. The highest BCUT2D eigenvalue weighted by Gasteiger charge is 2.26. The average Bonchev–Trinajstić information content (AvgIpc) is 2.50. The first kappa shape index (κ1) is 15.8. The van der Waals surface area contributed by atoms with E-state index in [2.05, 4.69) is 5.32 Å². The SMILES string of the molecule is CCCN(C(=O)c1cc(F)c(F)c(F)c1)C1CCNCC1. The molecule has 1 aromatic rings. The molecule has 0 saturated carbocycles. The zero-order valence-electron chi connectivity index (χ0n) is 12.0. The van der Waals surface area contributed by atoms with E-state index < -0.39 is 23.4 Å². The summed E-state index contributed by atoms with van der Waals surface area (Å²) in [4.78, 5) is 14.1. The van der Waals surface area contributed by atoms with Crippen LogP contribution < -0.4 is 5.32 Å². The molecule has 21 heavy (non-hydrogen) atoms. The quantitative estimate of drug-likeness (QED) is 0.867. The topological polar surface area (TPSA) is 32.3 Å². The van der Waals surface area contributed by atoms with Crippen LogP contribution in [-0.2, 0) is 0 Å². The van der Waals surface area contributed by atoms with Crippen molar-refractivity contribution in [3.8, 4) is 0 Å². The third-order valence-corrected chi connectivity index (χ3v) is 3.71. The highest BCUT2D eigenvalue weighted by atomic mass is 19.2. The van der Waals surface area contributed by atoms with Gasteiger partial charge < -0.3 is 10.2 Å². The zero-order chi connectivity index (χ0) is 15.4. The molecule has 0 aliphatic carbocycles. The number of halogens is 3. The molecular weight excluding hydrogens is 281 g/mol. The highest BCUT2D eigenvalue weighted by molar-refractivity contribution is 5.94. The summed E-state index contributed by atoms with van der Waals surface area (Å²) in [7, 11) is 0. The Bertz CT molecular complexity index is 493. The van der Waals surface area contributed by atoms with Gasteiger partial charge in [-0.3, -0.25) is 4.79 Å². The van der Waals surface area contributed by atoms with Crippen LogP contribution in [-0.4, -0.2) is 36.5 Å². The van der Waals surface area contributed by atoms with Crippen molar-refractivity contribution in [3.63, 3.8) is 0 Å². The Morgan fingerprint density at radius 1 is 1.24 bits per heavy atom. The lowest BCUT2D eigenvalue weighted by atomic mass is 10.0. The molecular formula is C15H19F3N2O. The average molecular weight is 300 g/mol. The molecule has 1 amide bonds. The van der Waals surface area contributed by atoms with Crippen LogP contribution in [0.2, 0.25) is 0 Å². The van der Waals surface area contributed by atoms with Crippen LogP contribution in [0.4, 0.5) is 13.2 Å². The highest BCUT2D eigenvalue weighted by Crippen LogP contribution is 2.19. The van der Waals surface area contributed by atoms with Gasteiger partial charge in [0.05, 0.1) is 0 Å². The number of amides is 1. The van der Waals surface area contributed by atoms with E-state index in [0.29, 0.717) is 6.54 Å². The maximum atomic E-state index is 13.3. The second-order valence-electron chi connectivity index (χ2n) is 5.23. The smallest absolute Gasteiger partial charge is 0.254 e. The van der Waals surface area contributed by atoms with Gasteiger partial charge in [-0.2, -0.15) is 0 Å². The van der Waals surface area contributed by atoms with Crippen LogP contribution in [0.25, 0.3) is 0 Å². The van der Waals surface area contributed by atoms with Gasteiger partial charge in [0.25, 0.3) is 5.91 Å². The van der Waals surface area contributed by atoms with E-state index in [9.17, 15) is 18.0 Å². The van der Waals surface area contributed by atoms with Crippen molar-refractivity contribution in [1.29, 1.82) is 0 Å². The molecule has 3 nitrogen and oxygen atoms in total. The summed E-state index contributed by atoms with van der Waals surface area (Å²) in [5.74, 6) is -4.66. The van der Waals surface area contributed by atoms with Crippen molar-refractivity contribution in [1.82, 2.24) is 10.2 Å². The normalized spacial score (nSPS) is 16.0. The minimum absolute atomic E-state index is 0.0508. The van der Waals surface area contributed by atoms with Crippen molar-refractivity contribution < 1.29 is 18.0 Å². The van der Waals surface area contributed by atoms with Crippen LogP contribution in [0.1, 0.15) is 36.5 Å². The Morgan fingerprint density at radius 3 is 2.33 bits per heavy atom. The Morgan fingerprint density at radius 2 is 1.81 bits per heavy atom. The minimum Gasteiger partial charge on any atom is -0.336 e. The van der Waals surface area contributed by atoms with E-state index in [-0.39, 0.29) is 11.6 Å². The summed E-state index contributed by atoms with van der Waals surface area (Å²) in [6.07, 6.45) is 2.36. The van der Waals surface area contributed by atoms with E-state index in [1.54, 1.807) is 4.90 Å². The van der Waals surface area contributed by atoms with Crippen molar-refractivity contribution in [3.05, 3.63) is 35.1 Å². The molecule has 6 heteroatoms. The molecule has 2 rings (SSSR count). The molecule has 116 valence electrons. The fourth-order valence-corrected chi connectivity index (χ4v) is 2.65. The number of nitrogens with zero attached hydrogens (tertiary/aromatic N) is 1. The maximum absolute atomic E-state index is 13.3. The third kappa shape index (κ3) is 3.56. The van der Waals surface area contributed by atoms with E-state index in [0.717, 1.165) is 44.5 Å². The van der Waals surface area contributed by atoms with Crippen molar-refractivity contribution in [2.45, 2.75) is 32.2 Å². The van der Waals surface area contributed by atoms with Gasteiger partial charge in [0.1, 0.15) is 0 Å². The van der Waals surface area contributed by atoms with Crippen LogP contribution >= 0.6 is 0 Å². The molecule has 1 aliphatic rings. The first-order chi connectivity index (χ1) is 10.0. The molecule has 0 spiro atoms. The molecule has 1 aliphatic heterocycles. The Kier molecular flexibility index (Phi) is 5.22. The first-order valence-corrected chi connectivity index (χ1v) is 7.20. The Hall–Kier alpha value is -1.56. The zero-order valence-corrected chi connectivity index (χ0v) is 12.0. The summed E-state index contributed by atoms with van der Waals surface area (Å²) in [6.45, 7) is 4.08. The number of nitrogens with one attached hydrogen (secondary N) is 1. The lowest BCUT2D eigenvalue weighted by molar-refractivity contribution is 0.0641. The fraction of sp³-hybridized carbons (Fsp3) is 0.533. The largest absolute Gasteiger partial charge is 0.336 e. The van der Waals surface area contributed by atoms with Crippen LogP contribution in [0.15, 0.2) is 12.1 Å². The van der Waals surface area contributed by atoms with Gasteiger partial charge in [-0.1, -0.05) is 6.92 Å². The molecule has 0 radical (unpaired) electrons. The van der Waals surface area contributed by atoms with E-state index >= 15 is 0 Å². The van der Waals surface area contributed by atoms with Crippen LogP contribution in [0, 0.1) is 17.5 Å². The molecule has 1 aromatic carbocycles. The van der Waals surface area contributed by atoms with Crippen molar-refractivity contribution >= 4 is 5.91 Å². The van der Waals surface area contributed by atoms with Gasteiger partial charge in [-0.05, 0) is 44.5 Å². The van der Waals surface area contributed by atoms with Crippen molar-refractivity contribution in [2.24, 2.45) is 0 Å². The fourth-order valence-electron chi connectivity index (χ4n) is 2.65. The van der Waals surface area contributed by atoms with Gasteiger partial charge in [0.15, 0.2) is 17.5 Å². The van der Waals surface area contributed by atoms with E-state index in [1.165, 1.54) is 0 Å². The predicted octanol–water partition coefficient (Wildman–Crippen LogP) is 2.71. The van der Waals surface area contributed by atoms with Gasteiger partial charge in [0, 0.05) is 18.2 Å². The van der Waals surface area contributed by atoms with Gasteiger partial charge >= 0.3 is 0 Å². The number of piperidine rings is 1. The first-order valence-electron chi connectivity index (χ1n) is 7.20. The Labute approximate surface area is 122 Å². The second-order valence-corrected chi connectivity index (χ2v) is 5.23. The lowest BCUT2D eigenvalue weighted by Crippen LogP contribution is -2.46. The molecule has 1 heterocycles. The summed E-state index contributed by atoms with van der Waals surface area (Å²) in [5.41, 5.74) is -0.140. The molecule has 0 atom stereocenters. The van der Waals surface area contributed by atoms with Gasteiger partial charge in [0.2, 0.25) is 0 Å². The number of rotatable bonds is 4. The summed E-state index contributed by atoms with van der Waals surface area (Å²) in [6, 6.07) is 1.59. The monoisotopic (exact) mass is 300 g/mol. The molecule has 0 unspecified atom stereocenters.